The van der Waals surface area contributed by atoms with Crippen LogP contribution in [0, 0.1) is 0 Å². The minimum absolute atomic E-state index is 0.0146. The summed E-state index contributed by atoms with van der Waals surface area (Å²) in [5.74, 6) is 0.451. The molecule has 2 aromatic carbocycles. The van der Waals surface area contributed by atoms with Crippen molar-refractivity contribution in [3.63, 3.8) is 0 Å². The summed E-state index contributed by atoms with van der Waals surface area (Å²) < 4.78 is 5.32. The van der Waals surface area contributed by atoms with Gasteiger partial charge < -0.3 is 10.1 Å². The van der Waals surface area contributed by atoms with Gasteiger partial charge in [0.05, 0.1) is 17.2 Å². The van der Waals surface area contributed by atoms with Crippen LogP contribution in [0.4, 0.5) is 5.69 Å². The third-order valence-electron chi connectivity index (χ3n) is 3.56. The maximum absolute atomic E-state index is 12.0. The zero-order chi connectivity index (χ0) is 18.5. The van der Waals surface area contributed by atoms with Crippen molar-refractivity contribution in [1.82, 2.24) is 5.43 Å². The molecule has 1 aliphatic rings. The number of ether oxygens (including phenoxy) is 1. The number of hydrogen-bond donors (Lipinski definition) is 2. The summed E-state index contributed by atoms with van der Waals surface area (Å²) in [5.41, 5.74) is 4.53. The number of carbonyl (C=O) groups is 2. The Morgan fingerprint density at radius 1 is 1.31 bits per heavy atom. The number of anilines is 1. The molecule has 0 saturated carbocycles. The molecule has 0 saturated heterocycles. The second-order valence-electron chi connectivity index (χ2n) is 5.52. The molecule has 3 rings (SSSR count). The highest BCUT2D eigenvalue weighted by Crippen LogP contribution is 2.28. The van der Waals surface area contributed by atoms with Gasteiger partial charge in [-0.05, 0) is 55.0 Å². The van der Waals surface area contributed by atoms with Gasteiger partial charge in [0.15, 0.2) is 6.61 Å². The molecule has 0 bridgehead atoms. The highest BCUT2D eigenvalue weighted by molar-refractivity contribution is 8.00. The highest BCUT2D eigenvalue weighted by atomic mass is 35.5. The fourth-order valence-electron chi connectivity index (χ4n) is 2.23. The lowest BCUT2D eigenvalue weighted by atomic mass is 10.1. The van der Waals surface area contributed by atoms with Crippen LogP contribution in [0.15, 0.2) is 52.5 Å². The van der Waals surface area contributed by atoms with E-state index >= 15 is 0 Å². The number of hydrazone groups is 1. The molecule has 2 aromatic rings. The van der Waals surface area contributed by atoms with Crippen LogP contribution in [0.2, 0.25) is 5.02 Å². The van der Waals surface area contributed by atoms with Crippen LogP contribution >= 0.6 is 23.4 Å². The molecule has 26 heavy (non-hydrogen) atoms. The number of hydrogen-bond acceptors (Lipinski definition) is 5. The first-order valence-corrected chi connectivity index (χ1v) is 9.16. The van der Waals surface area contributed by atoms with E-state index in [2.05, 4.69) is 15.8 Å². The van der Waals surface area contributed by atoms with Crippen molar-refractivity contribution in [3.05, 3.63) is 53.1 Å². The maximum Gasteiger partial charge on any atom is 0.262 e. The molecule has 0 radical (unpaired) electrons. The molecule has 0 unspecified atom stereocenters. The first-order valence-electron chi connectivity index (χ1n) is 7.80. The van der Waals surface area contributed by atoms with Crippen LogP contribution < -0.4 is 15.5 Å². The lowest BCUT2D eigenvalue weighted by molar-refractivity contribution is -0.119. The van der Waals surface area contributed by atoms with Crippen molar-refractivity contribution in [3.8, 4) is 5.75 Å². The van der Waals surface area contributed by atoms with Crippen LogP contribution in [0.1, 0.15) is 12.5 Å². The Labute approximate surface area is 160 Å². The topological polar surface area (TPSA) is 79.8 Å². The summed E-state index contributed by atoms with van der Waals surface area (Å²) >= 11 is 7.23. The monoisotopic (exact) mass is 389 g/mol. The number of rotatable bonds is 5. The maximum atomic E-state index is 12.0. The van der Waals surface area contributed by atoms with Crippen LogP contribution in [0.3, 0.4) is 0 Å². The average Bonchev–Trinajstić information content (AvgIpc) is 2.65. The Bertz CT molecular complexity index is 868. The van der Waals surface area contributed by atoms with Gasteiger partial charge in [0.1, 0.15) is 5.75 Å². The Kier molecular flexibility index (Phi) is 5.80. The van der Waals surface area contributed by atoms with Gasteiger partial charge in [-0.1, -0.05) is 11.6 Å². The normalized spacial score (nSPS) is 13.5. The molecule has 0 aliphatic carbocycles. The number of fused-ring (bicyclic) bond motifs is 1. The summed E-state index contributed by atoms with van der Waals surface area (Å²) in [6.45, 7) is 1.79. The summed E-state index contributed by atoms with van der Waals surface area (Å²) in [5, 5.41) is 7.52. The predicted molar refractivity (Wildman–Crippen MR) is 103 cm³/mol. The molecule has 2 amide bonds. The number of halogens is 1. The molecule has 6 nitrogen and oxygen atoms in total. The van der Waals surface area contributed by atoms with Crippen molar-refractivity contribution >= 4 is 46.6 Å². The SMILES string of the molecule is C/C(=N/NC(=O)CSc1ccc(Cl)cc1)c1ccc2c(c1)NC(=O)CO2. The van der Waals surface area contributed by atoms with Gasteiger partial charge in [-0.15, -0.1) is 11.8 Å². The third kappa shape index (κ3) is 4.77. The fourth-order valence-corrected chi connectivity index (χ4v) is 3.05. The van der Waals surface area contributed by atoms with Gasteiger partial charge in [-0.25, -0.2) is 5.43 Å². The number of nitrogens with one attached hydrogen (secondary N) is 2. The minimum Gasteiger partial charge on any atom is -0.482 e. The average molecular weight is 390 g/mol. The number of nitrogens with zero attached hydrogens (tertiary/aromatic N) is 1. The van der Waals surface area contributed by atoms with Crippen molar-refractivity contribution in [2.45, 2.75) is 11.8 Å². The molecule has 2 N–H and O–H groups in total. The molecule has 1 heterocycles. The molecule has 1 aliphatic heterocycles. The Morgan fingerprint density at radius 2 is 2.08 bits per heavy atom. The van der Waals surface area contributed by atoms with E-state index in [1.54, 1.807) is 31.2 Å². The van der Waals surface area contributed by atoms with Crippen LogP contribution in [-0.4, -0.2) is 29.9 Å². The van der Waals surface area contributed by atoms with E-state index in [0.717, 1.165) is 10.5 Å². The van der Waals surface area contributed by atoms with Crippen LogP contribution in [0.25, 0.3) is 0 Å². The van der Waals surface area contributed by atoms with Gasteiger partial charge in [-0.2, -0.15) is 5.10 Å². The van der Waals surface area contributed by atoms with Crippen molar-refractivity contribution in [2.24, 2.45) is 5.10 Å². The van der Waals surface area contributed by atoms with Gasteiger partial charge >= 0.3 is 0 Å². The van der Waals surface area contributed by atoms with Crippen LogP contribution in [0.5, 0.6) is 5.75 Å². The van der Waals surface area contributed by atoms with Crippen molar-refractivity contribution < 1.29 is 14.3 Å². The summed E-state index contributed by atoms with van der Waals surface area (Å²) in [6.07, 6.45) is 0. The summed E-state index contributed by atoms with van der Waals surface area (Å²) in [6, 6.07) is 12.6. The van der Waals surface area contributed by atoms with E-state index in [1.165, 1.54) is 11.8 Å². The van der Waals surface area contributed by atoms with Crippen LogP contribution in [-0.2, 0) is 9.59 Å². The van der Waals surface area contributed by atoms with Crippen molar-refractivity contribution in [2.75, 3.05) is 17.7 Å². The minimum atomic E-state index is -0.209. The second kappa shape index (κ2) is 8.25. The quantitative estimate of drug-likeness (QED) is 0.467. The lowest BCUT2D eigenvalue weighted by Crippen LogP contribution is -2.25. The zero-order valence-corrected chi connectivity index (χ0v) is 15.5. The lowest BCUT2D eigenvalue weighted by Gasteiger charge is -2.18. The number of amides is 2. The molecular weight excluding hydrogens is 374 g/mol. The van der Waals surface area contributed by atoms with E-state index in [-0.39, 0.29) is 24.2 Å². The largest absolute Gasteiger partial charge is 0.482 e. The molecule has 0 aromatic heterocycles. The third-order valence-corrected chi connectivity index (χ3v) is 4.83. The number of benzene rings is 2. The fraction of sp³-hybridized carbons (Fsp3) is 0.167. The van der Waals surface area contributed by atoms with Gasteiger partial charge in [-0.3, -0.25) is 9.59 Å². The van der Waals surface area contributed by atoms with E-state index < -0.39 is 0 Å². The Hall–Kier alpha value is -2.51. The molecule has 0 atom stereocenters. The molecule has 134 valence electrons. The predicted octanol–water partition coefficient (Wildman–Crippen LogP) is 3.30. The molecule has 0 spiro atoms. The first kappa shape index (κ1) is 18.3. The van der Waals surface area contributed by atoms with Gasteiger partial charge in [0.2, 0.25) is 5.91 Å². The van der Waals surface area contributed by atoms with E-state index in [0.29, 0.717) is 22.2 Å². The zero-order valence-electron chi connectivity index (χ0n) is 13.9. The standard InChI is InChI=1S/C18H16ClN3O3S/c1-11(12-2-7-16-15(8-12)20-17(23)9-25-16)21-22-18(24)10-26-14-5-3-13(19)4-6-14/h2-8H,9-10H2,1H3,(H,20,23)(H,22,24)/b21-11-. The smallest absolute Gasteiger partial charge is 0.262 e. The molecule has 8 heteroatoms. The Balaban J connectivity index is 1.57. The van der Waals surface area contributed by atoms with E-state index in [1.807, 2.05) is 18.2 Å². The summed E-state index contributed by atoms with van der Waals surface area (Å²) in [4.78, 5) is 24.3. The van der Waals surface area contributed by atoms with Crippen molar-refractivity contribution in [1.29, 1.82) is 0 Å². The molecule has 0 fully saturated rings. The number of carbonyl (C=O) groups excluding carboxylic acids is 2. The van der Waals surface area contributed by atoms with Gasteiger partial charge in [0, 0.05) is 9.92 Å². The summed E-state index contributed by atoms with van der Waals surface area (Å²) in [7, 11) is 0. The molecular formula is C18H16ClN3O3S. The van der Waals surface area contributed by atoms with E-state index in [9.17, 15) is 9.59 Å². The highest BCUT2D eigenvalue weighted by Gasteiger charge is 2.16. The first-order chi connectivity index (χ1) is 12.5. The van der Waals surface area contributed by atoms with E-state index in [4.69, 9.17) is 16.3 Å². The number of thioether (sulfide) groups is 1. The Morgan fingerprint density at radius 3 is 2.85 bits per heavy atom. The second-order valence-corrected chi connectivity index (χ2v) is 7.01. The van der Waals surface area contributed by atoms with Gasteiger partial charge in [0.25, 0.3) is 5.91 Å².